The Labute approximate surface area is 144 Å². The number of benzene rings is 1. The zero-order chi connectivity index (χ0) is 15.4. The third kappa shape index (κ3) is 4.35. The van der Waals surface area contributed by atoms with Gasteiger partial charge in [0.25, 0.3) is 5.69 Å². The first-order valence-corrected chi connectivity index (χ1v) is 8.83. The number of thiophene rings is 1. The van der Waals surface area contributed by atoms with Crippen LogP contribution in [0.1, 0.15) is 23.4 Å². The molecular formula is C14H14Br2N2O2S. The molecule has 2 aromatic rings. The van der Waals surface area contributed by atoms with Crippen LogP contribution >= 0.6 is 43.2 Å². The topological polar surface area (TPSA) is 55.2 Å². The number of non-ortho nitro benzene ring substituents is 1. The highest BCUT2D eigenvalue weighted by Gasteiger charge is 2.16. The van der Waals surface area contributed by atoms with Crippen LogP contribution in [0.2, 0.25) is 0 Å². The normalized spacial score (nSPS) is 12.3. The van der Waals surface area contributed by atoms with E-state index in [2.05, 4.69) is 50.2 Å². The summed E-state index contributed by atoms with van der Waals surface area (Å²) in [6.45, 7) is 2.94. The van der Waals surface area contributed by atoms with E-state index >= 15 is 0 Å². The predicted molar refractivity (Wildman–Crippen MR) is 92.9 cm³/mol. The third-order valence-corrected chi connectivity index (χ3v) is 6.42. The lowest BCUT2D eigenvalue weighted by molar-refractivity contribution is -0.384. The van der Waals surface area contributed by atoms with E-state index in [4.69, 9.17) is 0 Å². The maximum absolute atomic E-state index is 10.7. The van der Waals surface area contributed by atoms with Crippen LogP contribution in [0.15, 0.2) is 38.6 Å². The summed E-state index contributed by atoms with van der Waals surface area (Å²) < 4.78 is 2.12. The summed E-state index contributed by atoms with van der Waals surface area (Å²) in [6, 6.07) is 9.05. The molecule has 0 aliphatic carbocycles. The van der Waals surface area contributed by atoms with E-state index in [9.17, 15) is 10.1 Å². The zero-order valence-electron chi connectivity index (χ0n) is 11.3. The fourth-order valence-electron chi connectivity index (χ4n) is 2.04. The van der Waals surface area contributed by atoms with Crippen molar-refractivity contribution >= 4 is 48.9 Å². The van der Waals surface area contributed by atoms with Gasteiger partial charge in [0, 0.05) is 27.5 Å². The number of hydrogen-bond acceptors (Lipinski definition) is 4. The van der Waals surface area contributed by atoms with Gasteiger partial charge in [0.15, 0.2) is 0 Å². The Morgan fingerprint density at radius 2 is 2.00 bits per heavy atom. The summed E-state index contributed by atoms with van der Waals surface area (Å²) >= 11 is 8.71. The molecule has 0 aliphatic rings. The summed E-state index contributed by atoms with van der Waals surface area (Å²) in [7, 11) is 0. The van der Waals surface area contributed by atoms with Crippen LogP contribution in [0.25, 0.3) is 0 Å². The molecule has 0 radical (unpaired) electrons. The summed E-state index contributed by atoms with van der Waals surface area (Å²) in [6.07, 6.45) is 0.797. The Balaban J connectivity index is 2.17. The van der Waals surface area contributed by atoms with Gasteiger partial charge in [-0.1, -0.05) is 19.1 Å². The number of likely N-dealkylation sites (N-methyl/N-ethyl adjacent to an activating group) is 1. The van der Waals surface area contributed by atoms with Crippen LogP contribution in [0.3, 0.4) is 0 Å². The Hall–Kier alpha value is -0.760. The number of halogens is 2. The SMILES string of the molecule is CCNC(Cc1ccc([N+](=O)[O-])cc1)c1cc(Br)c(Br)s1. The summed E-state index contributed by atoms with van der Waals surface area (Å²) in [5.41, 5.74) is 1.20. The Morgan fingerprint density at radius 3 is 2.48 bits per heavy atom. The fraction of sp³-hybridized carbons (Fsp3) is 0.286. The van der Waals surface area contributed by atoms with E-state index in [1.807, 2.05) is 12.1 Å². The van der Waals surface area contributed by atoms with Crippen molar-refractivity contribution in [3.63, 3.8) is 0 Å². The van der Waals surface area contributed by atoms with Crippen LogP contribution < -0.4 is 5.32 Å². The third-order valence-electron chi connectivity index (χ3n) is 3.05. The second kappa shape index (κ2) is 7.49. The van der Waals surface area contributed by atoms with Crippen molar-refractivity contribution in [1.82, 2.24) is 5.32 Å². The van der Waals surface area contributed by atoms with Crippen molar-refractivity contribution in [2.45, 2.75) is 19.4 Å². The minimum atomic E-state index is -0.376. The quantitative estimate of drug-likeness (QED) is 0.510. The number of nitrogens with one attached hydrogen (secondary N) is 1. The minimum absolute atomic E-state index is 0.125. The standard InChI is InChI=1S/C14H14Br2N2O2S/c1-2-17-12(13-8-11(15)14(16)21-13)7-9-3-5-10(6-4-9)18(19)20/h3-6,8,12,17H,2,7H2,1H3. The molecule has 4 nitrogen and oxygen atoms in total. The lowest BCUT2D eigenvalue weighted by atomic mass is 10.0. The van der Waals surface area contributed by atoms with Gasteiger partial charge in [-0.15, -0.1) is 11.3 Å². The van der Waals surface area contributed by atoms with Crippen LogP contribution in [0, 0.1) is 10.1 Å². The molecule has 0 amide bonds. The molecule has 0 saturated heterocycles. The van der Waals surface area contributed by atoms with E-state index in [1.54, 1.807) is 23.5 Å². The van der Waals surface area contributed by atoms with Crippen LogP contribution in [-0.4, -0.2) is 11.5 Å². The molecule has 1 aromatic carbocycles. The molecule has 1 heterocycles. The molecule has 0 bridgehead atoms. The number of nitrogens with zero attached hydrogens (tertiary/aromatic N) is 1. The Bertz CT molecular complexity index is 609. The van der Waals surface area contributed by atoms with Crippen LogP contribution in [0.4, 0.5) is 5.69 Å². The van der Waals surface area contributed by atoms with Crippen molar-refractivity contribution in [2.24, 2.45) is 0 Å². The molecule has 0 spiro atoms. The largest absolute Gasteiger partial charge is 0.309 e. The van der Waals surface area contributed by atoms with E-state index in [0.717, 1.165) is 26.8 Å². The van der Waals surface area contributed by atoms with E-state index < -0.39 is 0 Å². The number of nitro groups is 1. The molecule has 21 heavy (non-hydrogen) atoms. The van der Waals surface area contributed by atoms with E-state index in [-0.39, 0.29) is 16.7 Å². The number of hydrogen-bond donors (Lipinski definition) is 1. The second-order valence-corrected chi connectivity index (χ2v) is 7.76. The lowest BCUT2D eigenvalue weighted by Gasteiger charge is -2.16. The molecular weight excluding hydrogens is 420 g/mol. The predicted octanol–water partition coefficient (Wildman–Crippen LogP) is 5.07. The first-order chi connectivity index (χ1) is 10.0. The molecule has 1 unspecified atom stereocenters. The Morgan fingerprint density at radius 1 is 1.33 bits per heavy atom. The van der Waals surface area contributed by atoms with Gasteiger partial charge in [-0.2, -0.15) is 0 Å². The molecule has 1 N–H and O–H groups in total. The number of nitro benzene ring substituents is 1. The maximum Gasteiger partial charge on any atom is 0.269 e. The first kappa shape index (κ1) is 16.6. The van der Waals surface area contributed by atoms with Crippen LogP contribution in [-0.2, 0) is 6.42 Å². The summed E-state index contributed by atoms with van der Waals surface area (Å²) in [5.74, 6) is 0. The van der Waals surface area contributed by atoms with Gasteiger partial charge in [-0.05, 0) is 56.5 Å². The van der Waals surface area contributed by atoms with E-state index in [0.29, 0.717) is 0 Å². The van der Waals surface area contributed by atoms with Crippen molar-refractivity contribution in [3.05, 3.63) is 59.1 Å². The van der Waals surface area contributed by atoms with Gasteiger partial charge in [0.1, 0.15) is 0 Å². The molecule has 112 valence electrons. The summed E-state index contributed by atoms with van der Waals surface area (Å²) in [4.78, 5) is 11.5. The van der Waals surface area contributed by atoms with Crippen molar-refractivity contribution < 1.29 is 4.92 Å². The molecule has 7 heteroatoms. The minimum Gasteiger partial charge on any atom is -0.309 e. The molecule has 1 aromatic heterocycles. The molecule has 0 saturated carbocycles. The highest BCUT2D eigenvalue weighted by Crippen LogP contribution is 2.36. The first-order valence-electron chi connectivity index (χ1n) is 6.42. The van der Waals surface area contributed by atoms with Gasteiger partial charge in [-0.25, -0.2) is 0 Å². The molecule has 0 fully saturated rings. The zero-order valence-corrected chi connectivity index (χ0v) is 15.3. The maximum atomic E-state index is 10.7. The van der Waals surface area contributed by atoms with Gasteiger partial charge in [0.2, 0.25) is 0 Å². The summed E-state index contributed by atoms with van der Waals surface area (Å²) in [5, 5.41) is 14.1. The lowest BCUT2D eigenvalue weighted by Crippen LogP contribution is -2.22. The highest BCUT2D eigenvalue weighted by atomic mass is 79.9. The number of rotatable bonds is 6. The van der Waals surface area contributed by atoms with Crippen molar-refractivity contribution in [2.75, 3.05) is 6.54 Å². The van der Waals surface area contributed by atoms with Gasteiger partial charge < -0.3 is 5.32 Å². The average molecular weight is 434 g/mol. The van der Waals surface area contributed by atoms with Gasteiger partial charge in [-0.3, -0.25) is 10.1 Å². The van der Waals surface area contributed by atoms with Crippen LogP contribution in [0.5, 0.6) is 0 Å². The molecule has 2 rings (SSSR count). The van der Waals surface area contributed by atoms with Gasteiger partial charge in [0.05, 0.1) is 8.71 Å². The molecule has 1 atom stereocenters. The Kier molecular flexibility index (Phi) is 5.92. The second-order valence-electron chi connectivity index (χ2n) is 4.51. The highest BCUT2D eigenvalue weighted by molar-refractivity contribution is 9.13. The van der Waals surface area contributed by atoms with Gasteiger partial charge >= 0.3 is 0 Å². The smallest absolute Gasteiger partial charge is 0.269 e. The molecule has 0 aliphatic heterocycles. The van der Waals surface area contributed by atoms with E-state index in [1.165, 1.54) is 4.88 Å². The van der Waals surface area contributed by atoms with Crippen molar-refractivity contribution in [3.8, 4) is 0 Å². The fourth-order valence-corrected chi connectivity index (χ4v) is 4.21. The average Bonchev–Trinajstić information content (AvgIpc) is 2.79. The monoisotopic (exact) mass is 432 g/mol. The van der Waals surface area contributed by atoms with Crippen molar-refractivity contribution in [1.29, 1.82) is 0 Å².